The van der Waals surface area contributed by atoms with Crippen LogP contribution in [0.3, 0.4) is 0 Å². The lowest BCUT2D eigenvalue weighted by molar-refractivity contribution is 0.0784. The topological polar surface area (TPSA) is 46.3 Å². The van der Waals surface area contributed by atoms with Crippen LogP contribution < -0.4 is 5.73 Å². The summed E-state index contributed by atoms with van der Waals surface area (Å²) in [6, 6.07) is 7.45. The summed E-state index contributed by atoms with van der Waals surface area (Å²) in [5, 5.41) is 4.06. The van der Waals surface area contributed by atoms with Gasteiger partial charge in [-0.15, -0.1) is 0 Å². The summed E-state index contributed by atoms with van der Waals surface area (Å²) in [4.78, 5) is 14.0. The molecule has 0 aliphatic rings. The number of nitrogen functional groups attached to an aromatic ring is 1. The zero-order chi connectivity index (χ0) is 13.1. The monoisotopic (exact) mass is 260 g/mol. The predicted molar refractivity (Wildman–Crippen MR) is 75.7 cm³/mol. The van der Waals surface area contributed by atoms with Crippen molar-refractivity contribution in [3.63, 3.8) is 0 Å². The summed E-state index contributed by atoms with van der Waals surface area (Å²) in [5.74, 6) is 0.00556. The van der Waals surface area contributed by atoms with Gasteiger partial charge in [-0.25, -0.2) is 0 Å². The lowest BCUT2D eigenvalue weighted by Gasteiger charge is -2.18. The number of amides is 1. The fourth-order valence-corrected chi connectivity index (χ4v) is 2.46. The van der Waals surface area contributed by atoms with E-state index in [0.717, 1.165) is 11.1 Å². The summed E-state index contributed by atoms with van der Waals surface area (Å²) in [7, 11) is 1.81. The Morgan fingerprint density at radius 3 is 2.83 bits per heavy atom. The second-order valence-corrected chi connectivity index (χ2v) is 5.15. The van der Waals surface area contributed by atoms with Gasteiger partial charge in [-0.3, -0.25) is 4.79 Å². The third-order valence-corrected chi connectivity index (χ3v) is 3.57. The third-order valence-electron chi connectivity index (χ3n) is 2.84. The van der Waals surface area contributed by atoms with Crippen LogP contribution in [0.4, 0.5) is 5.69 Å². The lowest BCUT2D eigenvalue weighted by atomic mass is 10.1. The summed E-state index contributed by atoms with van der Waals surface area (Å²) >= 11 is 1.64. The highest BCUT2D eigenvalue weighted by Crippen LogP contribution is 2.16. The maximum Gasteiger partial charge on any atom is 0.254 e. The van der Waals surface area contributed by atoms with E-state index < -0.39 is 0 Å². The first-order chi connectivity index (χ1) is 8.58. The van der Waals surface area contributed by atoms with E-state index in [1.807, 2.05) is 37.6 Å². The lowest BCUT2D eigenvalue weighted by Crippen LogP contribution is -2.26. The minimum absolute atomic E-state index is 0.00556. The van der Waals surface area contributed by atoms with E-state index in [1.54, 1.807) is 22.3 Å². The molecular formula is C14H16N2OS. The van der Waals surface area contributed by atoms with Crippen LogP contribution in [-0.2, 0) is 6.54 Å². The van der Waals surface area contributed by atoms with E-state index in [0.29, 0.717) is 17.8 Å². The average molecular weight is 260 g/mol. The van der Waals surface area contributed by atoms with Crippen molar-refractivity contribution >= 4 is 22.9 Å². The maximum absolute atomic E-state index is 12.3. The SMILES string of the molecule is Cc1ccc(N)cc1C(=O)N(C)Cc1ccsc1. The Kier molecular flexibility index (Phi) is 3.67. The molecule has 0 aliphatic heterocycles. The fourth-order valence-electron chi connectivity index (χ4n) is 1.80. The van der Waals surface area contributed by atoms with Crippen LogP contribution in [0.5, 0.6) is 0 Å². The molecule has 3 nitrogen and oxygen atoms in total. The van der Waals surface area contributed by atoms with E-state index in [4.69, 9.17) is 5.73 Å². The molecule has 0 unspecified atom stereocenters. The number of anilines is 1. The van der Waals surface area contributed by atoms with Gasteiger partial charge in [0.25, 0.3) is 5.91 Å². The maximum atomic E-state index is 12.3. The van der Waals surface area contributed by atoms with Crippen LogP contribution in [0.15, 0.2) is 35.0 Å². The Morgan fingerprint density at radius 2 is 2.17 bits per heavy atom. The second-order valence-electron chi connectivity index (χ2n) is 4.37. The van der Waals surface area contributed by atoms with Crippen molar-refractivity contribution in [3.8, 4) is 0 Å². The molecule has 2 aromatic rings. The van der Waals surface area contributed by atoms with Gasteiger partial charge in [0.1, 0.15) is 0 Å². The van der Waals surface area contributed by atoms with Gasteiger partial charge in [-0.2, -0.15) is 11.3 Å². The molecule has 2 rings (SSSR count). The first kappa shape index (κ1) is 12.6. The van der Waals surface area contributed by atoms with Gasteiger partial charge in [-0.05, 0) is 47.0 Å². The Hall–Kier alpha value is -1.81. The van der Waals surface area contributed by atoms with Gasteiger partial charge in [-0.1, -0.05) is 6.07 Å². The molecule has 0 bridgehead atoms. The highest BCUT2D eigenvalue weighted by Gasteiger charge is 2.14. The van der Waals surface area contributed by atoms with E-state index in [-0.39, 0.29) is 5.91 Å². The molecule has 94 valence electrons. The zero-order valence-electron chi connectivity index (χ0n) is 10.5. The van der Waals surface area contributed by atoms with Crippen LogP contribution in [0.2, 0.25) is 0 Å². The van der Waals surface area contributed by atoms with Crippen molar-refractivity contribution in [2.75, 3.05) is 12.8 Å². The Labute approximate surface area is 111 Å². The van der Waals surface area contributed by atoms with Crippen molar-refractivity contribution in [1.29, 1.82) is 0 Å². The molecule has 2 N–H and O–H groups in total. The average Bonchev–Trinajstić information content (AvgIpc) is 2.84. The second kappa shape index (κ2) is 5.23. The van der Waals surface area contributed by atoms with Crippen LogP contribution in [-0.4, -0.2) is 17.9 Å². The number of hydrogen-bond acceptors (Lipinski definition) is 3. The number of nitrogens with zero attached hydrogens (tertiary/aromatic N) is 1. The molecule has 0 atom stereocenters. The van der Waals surface area contributed by atoms with Gasteiger partial charge >= 0.3 is 0 Å². The Bertz CT molecular complexity index is 549. The number of aryl methyl sites for hydroxylation is 1. The number of thiophene rings is 1. The van der Waals surface area contributed by atoms with Gasteiger partial charge in [0.05, 0.1) is 0 Å². The van der Waals surface area contributed by atoms with Crippen molar-refractivity contribution in [2.24, 2.45) is 0 Å². The van der Waals surface area contributed by atoms with Gasteiger partial charge < -0.3 is 10.6 Å². The fraction of sp³-hybridized carbons (Fsp3) is 0.214. The van der Waals surface area contributed by atoms with Crippen LogP contribution in [0.25, 0.3) is 0 Å². The van der Waals surface area contributed by atoms with Crippen molar-refractivity contribution in [1.82, 2.24) is 4.90 Å². The van der Waals surface area contributed by atoms with Gasteiger partial charge in [0.15, 0.2) is 0 Å². The highest BCUT2D eigenvalue weighted by atomic mass is 32.1. The number of rotatable bonds is 3. The zero-order valence-corrected chi connectivity index (χ0v) is 11.3. The number of hydrogen-bond donors (Lipinski definition) is 1. The largest absolute Gasteiger partial charge is 0.399 e. The minimum atomic E-state index is 0.00556. The summed E-state index contributed by atoms with van der Waals surface area (Å²) in [5.41, 5.74) is 9.13. The Balaban J connectivity index is 2.17. The van der Waals surface area contributed by atoms with E-state index >= 15 is 0 Å². The van der Waals surface area contributed by atoms with E-state index in [1.165, 1.54) is 0 Å². The van der Waals surface area contributed by atoms with E-state index in [2.05, 4.69) is 5.38 Å². The highest BCUT2D eigenvalue weighted by molar-refractivity contribution is 7.07. The number of carbonyl (C=O) groups is 1. The molecule has 0 fully saturated rings. The molecule has 1 aromatic carbocycles. The summed E-state index contributed by atoms with van der Waals surface area (Å²) in [6.45, 7) is 2.54. The van der Waals surface area contributed by atoms with E-state index in [9.17, 15) is 4.79 Å². The predicted octanol–water partition coefficient (Wildman–Crippen LogP) is 2.91. The standard InChI is InChI=1S/C14H16N2OS/c1-10-3-4-12(15)7-13(10)14(17)16(2)8-11-5-6-18-9-11/h3-7,9H,8,15H2,1-2H3. The molecule has 1 aromatic heterocycles. The van der Waals surface area contributed by atoms with Crippen LogP contribution in [0, 0.1) is 6.92 Å². The first-order valence-corrected chi connectivity index (χ1v) is 6.65. The molecular weight excluding hydrogens is 244 g/mol. The molecule has 1 heterocycles. The molecule has 0 saturated carbocycles. The molecule has 18 heavy (non-hydrogen) atoms. The molecule has 0 saturated heterocycles. The third kappa shape index (κ3) is 2.71. The number of carbonyl (C=O) groups excluding carboxylic acids is 1. The summed E-state index contributed by atoms with van der Waals surface area (Å²) < 4.78 is 0. The quantitative estimate of drug-likeness (QED) is 0.862. The molecule has 0 aliphatic carbocycles. The Morgan fingerprint density at radius 1 is 1.39 bits per heavy atom. The molecule has 0 spiro atoms. The normalized spacial score (nSPS) is 10.3. The first-order valence-electron chi connectivity index (χ1n) is 5.70. The number of nitrogens with two attached hydrogens (primary N) is 1. The molecule has 0 radical (unpaired) electrons. The van der Waals surface area contributed by atoms with Crippen molar-refractivity contribution in [2.45, 2.75) is 13.5 Å². The minimum Gasteiger partial charge on any atom is -0.399 e. The smallest absolute Gasteiger partial charge is 0.254 e. The van der Waals surface area contributed by atoms with Crippen LogP contribution in [0.1, 0.15) is 21.5 Å². The van der Waals surface area contributed by atoms with Crippen molar-refractivity contribution in [3.05, 3.63) is 51.7 Å². The van der Waals surface area contributed by atoms with Crippen LogP contribution >= 0.6 is 11.3 Å². The molecule has 4 heteroatoms. The van der Waals surface area contributed by atoms with Crippen molar-refractivity contribution < 1.29 is 4.79 Å². The van der Waals surface area contributed by atoms with Gasteiger partial charge in [0.2, 0.25) is 0 Å². The molecule has 1 amide bonds. The number of benzene rings is 1. The van der Waals surface area contributed by atoms with Gasteiger partial charge in [0, 0.05) is 24.8 Å². The summed E-state index contributed by atoms with van der Waals surface area (Å²) in [6.07, 6.45) is 0.